The lowest BCUT2D eigenvalue weighted by atomic mass is 10.0. The fraction of sp³-hybridized carbons (Fsp3) is 0.400. The first kappa shape index (κ1) is 21.8. The molecule has 1 amide bonds. The predicted molar refractivity (Wildman–Crippen MR) is 125 cm³/mol. The van der Waals surface area contributed by atoms with Crippen molar-refractivity contribution in [3.8, 4) is 0 Å². The second-order valence-electron chi connectivity index (χ2n) is 8.37. The number of fused-ring (bicyclic) bond motifs is 1. The summed E-state index contributed by atoms with van der Waals surface area (Å²) in [6.45, 7) is 5.27. The maximum atomic E-state index is 13.1. The van der Waals surface area contributed by atoms with E-state index in [1.807, 2.05) is 18.2 Å². The van der Waals surface area contributed by atoms with Gasteiger partial charge in [-0.25, -0.2) is 4.39 Å². The lowest BCUT2D eigenvalue weighted by Gasteiger charge is -2.34. The second-order valence-corrected chi connectivity index (χ2v) is 8.74. The number of likely N-dealkylation sites (tertiary alicyclic amines) is 1. The van der Waals surface area contributed by atoms with Crippen LogP contribution in [0.15, 0.2) is 48.5 Å². The Hall–Kier alpha value is -2.37. The molecule has 0 saturated carbocycles. The molecule has 4 nitrogen and oxygen atoms in total. The van der Waals surface area contributed by atoms with E-state index in [0.29, 0.717) is 18.3 Å². The number of carbonyl (C=O) groups excluding carboxylic acids is 1. The number of alkyl halides is 1. The van der Waals surface area contributed by atoms with E-state index in [0.717, 1.165) is 44.6 Å². The van der Waals surface area contributed by atoms with Crippen LogP contribution < -0.4 is 5.32 Å². The van der Waals surface area contributed by atoms with E-state index in [1.165, 1.54) is 34.3 Å². The third-order valence-corrected chi connectivity index (χ3v) is 6.38. The average Bonchev–Trinajstić information content (AvgIpc) is 3.09. The first-order valence-electron chi connectivity index (χ1n) is 11.0. The highest BCUT2D eigenvalue weighted by molar-refractivity contribution is 6.19. The van der Waals surface area contributed by atoms with Crippen LogP contribution in [-0.4, -0.2) is 40.9 Å². The number of hydrogen-bond acceptors (Lipinski definition) is 2. The molecule has 0 radical (unpaired) electrons. The molecule has 6 heteroatoms. The number of hydrogen-bond donors (Lipinski definition) is 1. The molecule has 4 rings (SSSR count). The van der Waals surface area contributed by atoms with Crippen LogP contribution in [0.25, 0.3) is 10.9 Å². The Morgan fingerprint density at radius 2 is 1.87 bits per heavy atom. The standard InChI is InChI=1S/C25H29ClFN3O/c1-18-16-20-4-7-22(28-25(31)8-12-26)17-24(20)30(18)23-10-14-29(15-11-23)13-9-19-2-5-21(27)6-3-19/h2-7,16-17,23H,8-15H2,1H3,(H,28,31). The van der Waals surface area contributed by atoms with E-state index in [2.05, 4.69) is 39.9 Å². The van der Waals surface area contributed by atoms with Gasteiger partial charge >= 0.3 is 0 Å². The summed E-state index contributed by atoms with van der Waals surface area (Å²) >= 11 is 5.68. The number of rotatable bonds is 7. The number of nitrogens with one attached hydrogen (secondary N) is 1. The Bertz CT molecular complexity index is 1040. The van der Waals surface area contributed by atoms with E-state index in [4.69, 9.17) is 11.6 Å². The molecule has 0 aliphatic carbocycles. The van der Waals surface area contributed by atoms with Gasteiger partial charge in [-0.05, 0) is 62.1 Å². The molecule has 1 fully saturated rings. The maximum absolute atomic E-state index is 13.1. The SMILES string of the molecule is Cc1cc2ccc(NC(=O)CCCl)cc2n1C1CCN(CCc2ccc(F)cc2)CC1. The minimum Gasteiger partial charge on any atom is -0.342 e. The summed E-state index contributed by atoms with van der Waals surface area (Å²) in [4.78, 5) is 14.4. The summed E-state index contributed by atoms with van der Waals surface area (Å²) in [5, 5.41) is 4.15. The largest absolute Gasteiger partial charge is 0.342 e. The van der Waals surface area contributed by atoms with Gasteiger partial charge in [0.2, 0.25) is 5.91 Å². The molecular weight excluding hydrogens is 413 g/mol. The molecule has 1 aromatic heterocycles. The van der Waals surface area contributed by atoms with Crippen LogP contribution in [0.2, 0.25) is 0 Å². The number of benzene rings is 2. The monoisotopic (exact) mass is 441 g/mol. The van der Waals surface area contributed by atoms with Crippen molar-refractivity contribution in [3.63, 3.8) is 0 Å². The maximum Gasteiger partial charge on any atom is 0.225 e. The normalized spacial score (nSPS) is 15.5. The smallest absolute Gasteiger partial charge is 0.225 e. The summed E-state index contributed by atoms with van der Waals surface area (Å²) in [5.74, 6) is 0.0860. The van der Waals surface area contributed by atoms with E-state index in [1.54, 1.807) is 0 Å². The van der Waals surface area contributed by atoms with Gasteiger partial charge in [0.15, 0.2) is 0 Å². The van der Waals surface area contributed by atoms with Gasteiger partial charge in [-0.3, -0.25) is 4.79 Å². The molecule has 1 aliphatic heterocycles. The van der Waals surface area contributed by atoms with E-state index < -0.39 is 0 Å². The Labute approximate surface area is 188 Å². The molecule has 1 saturated heterocycles. The molecule has 164 valence electrons. The molecule has 31 heavy (non-hydrogen) atoms. The van der Waals surface area contributed by atoms with Gasteiger partial charge in [0, 0.05) is 54.7 Å². The van der Waals surface area contributed by atoms with Gasteiger partial charge in [0.05, 0.1) is 5.52 Å². The molecule has 1 aliphatic rings. The number of anilines is 1. The van der Waals surface area contributed by atoms with Gasteiger partial charge in [0.1, 0.15) is 5.82 Å². The van der Waals surface area contributed by atoms with Gasteiger partial charge in [-0.15, -0.1) is 11.6 Å². The molecule has 0 bridgehead atoms. The van der Waals surface area contributed by atoms with Crippen LogP contribution in [0.3, 0.4) is 0 Å². The number of nitrogens with zero attached hydrogens (tertiary/aromatic N) is 2. The molecule has 0 unspecified atom stereocenters. The number of carbonyl (C=O) groups is 1. The van der Waals surface area contributed by atoms with Crippen molar-refractivity contribution in [1.29, 1.82) is 0 Å². The Kier molecular flexibility index (Phi) is 6.93. The molecule has 2 heterocycles. The predicted octanol–water partition coefficient (Wildman–Crippen LogP) is 5.54. The summed E-state index contributed by atoms with van der Waals surface area (Å²) in [7, 11) is 0. The van der Waals surface area contributed by atoms with Crippen LogP contribution in [-0.2, 0) is 11.2 Å². The van der Waals surface area contributed by atoms with Crippen LogP contribution in [0.5, 0.6) is 0 Å². The Balaban J connectivity index is 1.41. The molecule has 0 spiro atoms. The minimum absolute atomic E-state index is 0.0568. The van der Waals surface area contributed by atoms with Gasteiger partial charge < -0.3 is 14.8 Å². The molecule has 3 aromatic rings. The number of aryl methyl sites for hydroxylation is 1. The number of amides is 1. The number of piperidine rings is 1. The van der Waals surface area contributed by atoms with E-state index in [9.17, 15) is 9.18 Å². The number of halogens is 2. The first-order chi connectivity index (χ1) is 15.0. The minimum atomic E-state index is -0.180. The quantitative estimate of drug-likeness (QED) is 0.489. The third kappa shape index (κ3) is 5.28. The van der Waals surface area contributed by atoms with Gasteiger partial charge in [0.25, 0.3) is 0 Å². The lowest BCUT2D eigenvalue weighted by Crippen LogP contribution is -2.36. The fourth-order valence-corrected chi connectivity index (χ4v) is 4.74. The van der Waals surface area contributed by atoms with Crippen LogP contribution in [0.4, 0.5) is 10.1 Å². The van der Waals surface area contributed by atoms with Crippen molar-refractivity contribution < 1.29 is 9.18 Å². The zero-order valence-electron chi connectivity index (χ0n) is 17.9. The summed E-state index contributed by atoms with van der Waals surface area (Å²) in [5.41, 5.74) is 4.42. The summed E-state index contributed by atoms with van der Waals surface area (Å²) < 4.78 is 15.5. The Morgan fingerprint density at radius 1 is 1.13 bits per heavy atom. The molecule has 1 N–H and O–H groups in total. The topological polar surface area (TPSA) is 37.3 Å². The molecule has 0 atom stereocenters. The van der Waals surface area contributed by atoms with Gasteiger partial charge in [-0.1, -0.05) is 18.2 Å². The average molecular weight is 442 g/mol. The summed E-state index contributed by atoms with van der Waals surface area (Å²) in [6, 6.07) is 15.6. The van der Waals surface area contributed by atoms with Crippen molar-refractivity contribution in [1.82, 2.24) is 9.47 Å². The third-order valence-electron chi connectivity index (χ3n) is 6.19. The summed E-state index contributed by atoms with van der Waals surface area (Å²) in [6.07, 6.45) is 3.45. The molecule has 2 aromatic carbocycles. The first-order valence-corrected chi connectivity index (χ1v) is 11.5. The van der Waals surface area contributed by atoms with Crippen molar-refractivity contribution >= 4 is 34.1 Å². The fourth-order valence-electron chi connectivity index (χ4n) is 4.57. The van der Waals surface area contributed by atoms with Crippen molar-refractivity contribution in [2.75, 3.05) is 30.8 Å². The highest BCUT2D eigenvalue weighted by atomic mass is 35.5. The van der Waals surface area contributed by atoms with Crippen molar-refractivity contribution in [2.24, 2.45) is 0 Å². The Morgan fingerprint density at radius 3 is 2.58 bits per heavy atom. The number of aromatic nitrogens is 1. The van der Waals surface area contributed by atoms with Crippen molar-refractivity contribution in [2.45, 2.75) is 38.6 Å². The zero-order valence-corrected chi connectivity index (χ0v) is 18.7. The van der Waals surface area contributed by atoms with Crippen molar-refractivity contribution in [3.05, 3.63) is 65.6 Å². The highest BCUT2D eigenvalue weighted by Crippen LogP contribution is 2.32. The van der Waals surface area contributed by atoms with E-state index >= 15 is 0 Å². The highest BCUT2D eigenvalue weighted by Gasteiger charge is 2.23. The lowest BCUT2D eigenvalue weighted by molar-refractivity contribution is -0.115. The zero-order chi connectivity index (χ0) is 21.8. The van der Waals surface area contributed by atoms with Gasteiger partial charge in [-0.2, -0.15) is 0 Å². The second kappa shape index (κ2) is 9.84. The van der Waals surface area contributed by atoms with Crippen LogP contribution >= 0.6 is 11.6 Å². The van der Waals surface area contributed by atoms with Crippen LogP contribution in [0, 0.1) is 12.7 Å². The molecular formula is C25H29ClFN3O. The van der Waals surface area contributed by atoms with Crippen LogP contribution in [0.1, 0.15) is 36.6 Å². The van der Waals surface area contributed by atoms with E-state index in [-0.39, 0.29) is 11.7 Å².